The Labute approximate surface area is 99.2 Å². The van der Waals surface area contributed by atoms with E-state index in [1.165, 1.54) is 0 Å². The Balaban J connectivity index is 1.93. The SMILES string of the molecule is Cn1ccc(CNC(=O)c2ccc(CN)o2)c1. The van der Waals surface area contributed by atoms with E-state index in [2.05, 4.69) is 5.32 Å². The fraction of sp³-hybridized carbons (Fsp3) is 0.250. The second kappa shape index (κ2) is 4.88. The lowest BCUT2D eigenvalue weighted by Gasteiger charge is -2.00. The van der Waals surface area contributed by atoms with Crippen molar-refractivity contribution < 1.29 is 9.21 Å². The van der Waals surface area contributed by atoms with Gasteiger partial charge in [-0.3, -0.25) is 4.79 Å². The summed E-state index contributed by atoms with van der Waals surface area (Å²) in [5, 5.41) is 2.78. The molecule has 2 aromatic heterocycles. The van der Waals surface area contributed by atoms with Gasteiger partial charge in [0.25, 0.3) is 5.91 Å². The van der Waals surface area contributed by atoms with Crippen molar-refractivity contribution in [1.29, 1.82) is 0 Å². The molecule has 0 aliphatic rings. The van der Waals surface area contributed by atoms with E-state index in [1.807, 2.05) is 30.1 Å². The van der Waals surface area contributed by atoms with E-state index in [-0.39, 0.29) is 5.91 Å². The quantitative estimate of drug-likeness (QED) is 0.827. The summed E-state index contributed by atoms with van der Waals surface area (Å²) in [4.78, 5) is 11.7. The summed E-state index contributed by atoms with van der Waals surface area (Å²) >= 11 is 0. The van der Waals surface area contributed by atoms with Gasteiger partial charge in [-0.15, -0.1) is 0 Å². The maximum Gasteiger partial charge on any atom is 0.287 e. The van der Waals surface area contributed by atoms with E-state index >= 15 is 0 Å². The van der Waals surface area contributed by atoms with Crippen LogP contribution in [-0.2, 0) is 20.1 Å². The fourth-order valence-corrected chi connectivity index (χ4v) is 1.54. The molecule has 90 valence electrons. The molecule has 5 heteroatoms. The first kappa shape index (κ1) is 11.5. The van der Waals surface area contributed by atoms with Gasteiger partial charge < -0.3 is 20.0 Å². The summed E-state index contributed by atoms with van der Waals surface area (Å²) < 4.78 is 7.18. The number of furan rings is 1. The zero-order valence-electron chi connectivity index (χ0n) is 9.64. The maximum absolute atomic E-state index is 11.7. The number of nitrogens with one attached hydrogen (secondary N) is 1. The minimum Gasteiger partial charge on any atom is -0.455 e. The predicted octanol–water partition coefficient (Wildman–Crippen LogP) is 1.01. The number of hydrogen-bond donors (Lipinski definition) is 2. The first-order valence-electron chi connectivity index (χ1n) is 5.37. The summed E-state index contributed by atoms with van der Waals surface area (Å²) in [6.07, 6.45) is 3.88. The highest BCUT2D eigenvalue weighted by Crippen LogP contribution is 2.07. The molecule has 3 N–H and O–H groups in total. The number of amides is 1. The molecule has 0 spiro atoms. The summed E-state index contributed by atoms with van der Waals surface area (Å²) in [5.74, 6) is 0.671. The van der Waals surface area contributed by atoms with Gasteiger partial charge in [0.2, 0.25) is 0 Å². The van der Waals surface area contributed by atoms with Gasteiger partial charge in [0, 0.05) is 26.0 Å². The molecule has 0 atom stereocenters. The molecule has 1 amide bonds. The molecule has 0 aliphatic heterocycles. The highest BCUT2D eigenvalue weighted by molar-refractivity contribution is 5.91. The monoisotopic (exact) mass is 233 g/mol. The molecular weight excluding hydrogens is 218 g/mol. The molecule has 0 saturated heterocycles. The Bertz CT molecular complexity index is 513. The maximum atomic E-state index is 11.7. The van der Waals surface area contributed by atoms with Crippen molar-refractivity contribution in [2.24, 2.45) is 12.8 Å². The molecule has 0 bridgehead atoms. The number of carbonyl (C=O) groups excluding carboxylic acids is 1. The fourth-order valence-electron chi connectivity index (χ4n) is 1.54. The summed E-state index contributed by atoms with van der Waals surface area (Å²) in [6.45, 7) is 0.782. The number of aryl methyl sites for hydroxylation is 1. The largest absolute Gasteiger partial charge is 0.455 e. The average molecular weight is 233 g/mol. The number of rotatable bonds is 4. The van der Waals surface area contributed by atoms with Crippen LogP contribution in [0.3, 0.4) is 0 Å². The van der Waals surface area contributed by atoms with E-state index in [4.69, 9.17) is 10.2 Å². The molecule has 2 heterocycles. The van der Waals surface area contributed by atoms with Gasteiger partial charge in [-0.25, -0.2) is 0 Å². The van der Waals surface area contributed by atoms with Crippen molar-refractivity contribution in [1.82, 2.24) is 9.88 Å². The van der Waals surface area contributed by atoms with Crippen LogP contribution in [0.15, 0.2) is 35.0 Å². The van der Waals surface area contributed by atoms with Crippen LogP contribution in [-0.4, -0.2) is 10.5 Å². The Morgan fingerprint density at radius 1 is 1.47 bits per heavy atom. The third kappa shape index (κ3) is 2.76. The lowest BCUT2D eigenvalue weighted by atomic mass is 10.3. The number of carbonyl (C=O) groups is 1. The third-order valence-electron chi connectivity index (χ3n) is 2.43. The van der Waals surface area contributed by atoms with Crippen molar-refractivity contribution in [3.8, 4) is 0 Å². The van der Waals surface area contributed by atoms with Crippen LogP contribution in [0.4, 0.5) is 0 Å². The number of aromatic nitrogens is 1. The van der Waals surface area contributed by atoms with E-state index in [0.29, 0.717) is 24.6 Å². The van der Waals surface area contributed by atoms with E-state index < -0.39 is 0 Å². The number of nitrogens with zero attached hydrogens (tertiary/aromatic N) is 1. The first-order chi connectivity index (χ1) is 8.19. The van der Waals surface area contributed by atoms with Crippen LogP contribution in [0.25, 0.3) is 0 Å². The van der Waals surface area contributed by atoms with Crippen molar-refractivity contribution >= 4 is 5.91 Å². The van der Waals surface area contributed by atoms with Crippen LogP contribution in [0, 0.1) is 0 Å². The Morgan fingerprint density at radius 3 is 2.88 bits per heavy atom. The van der Waals surface area contributed by atoms with Crippen LogP contribution < -0.4 is 11.1 Å². The molecule has 0 saturated carbocycles. The summed E-state index contributed by atoms with van der Waals surface area (Å²) in [7, 11) is 1.94. The molecule has 17 heavy (non-hydrogen) atoms. The molecule has 5 nitrogen and oxygen atoms in total. The summed E-state index contributed by atoms with van der Waals surface area (Å²) in [5.41, 5.74) is 6.45. The standard InChI is InChI=1S/C12H15N3O2/c1-15-5-4-9(8-15)7-14-12(16)11-3-2-10(6-13)17-11/h2-5,8H,6-7,13H2,1H3,(H,14,16). The minimum atomic E-state index is -0.228. The Kier molecular flexibility index (Phi) is 3.30. The lowest BCUT2D eigenvalue weighted by molar-refractivity contribution is 0.0921. The molecule has 2 aromatic rings. The second-order valence-electron chi connectivity index (χ2n) is 3.84. The highest BCUT2D eigenvalue weighted by atomic mass is 16.4. The van der Waals surface area contributed by atoms with Gasteiger partial charge in [-0.05, 0) is 23.8 Å². The van der Waals surface area contributed by atoms with Crippen LogP contribution >= 0.6 is 0 Å². The first-order valence-corrected chi connectivity index (χ1v) is 5.37. The van der Waals surface area contributed by atoms with Crippen molar-refractivity contribution in [2.45, 2.75) is 13.1 Å². The number of hydrogen-bond acceptors (Lipinski definition) is 3. The predicted molar refractivity (Wildman–Crippen MR) is 63.2 cm³/mol. The lowest BCUT2D eigenvalue weighted by Crippen LogP contribution is -2.22. The second-order valence-corrected chi connectivity index (χ2v) is 3.84. The molecule has 0 aromatic carbocycles. The Morgan fingerprint density at radius 2 is 2.29 bits per heavy atom. The topological polar surface area (TPSA) is 73.2 Å². The van der Waals surface area contributed by atoms with E-state index in [1.54, 1.807) is 12.1 Å². The average Bonchev–Trinajstić information content (AvgIpc) is 2.94. The molecular formula is C12H15N3O2. The normalized spacial score (nSPS) is 10.5. The Hall–Kier alpha value is -2.01. The molecule has 0 unspecified atom stereocenters. The van der Waals surface area contributed by atoms with E-state index in [9.17, 15) is 4.79 Å². The van der Waals surface area contributed by atoms with E-state index in [0.717, 1.165) is 5.56 Å². The van der Waals surface area contributed by atoms with Crippen molar-refractivity contribution in [3.63, 3.8) is 0 Å². The summed E-state index contributed by atoms with van der Waals surface area (Å²) in [6, 6.07) is 5.29. The van der Waals surface area contributed by atoms with Gasteiger partial charge in [-0.2, -0.15) is 0 Å². The highest BCUT2D eigenvalue weighted by Gasteiger charge is 2.10. The zero-order chi connectivity index (χ0) is 12.3. The van der Waals surface area contributed by atoms with Crippen LogP contribution in [0.2, 0.25) is 0 Å². The van der Waals surface area contributed by atoms with Gasteiger partial charge in [0.15, 0.2) is 5.76 Å². The van der Waals surface area contributed by atoms with Crippen molar-refractivity contribution in [2.75, 3.05) is 0 Å². The molecule has 0 fully saturated rings. The van der Waals surface area contributed by atoms with Gasteiger partial charge in [-0.1, -0.05) is 0 Å². The van der Waals surface area contributed by atoms with Gasteiger partial charge in [0.1, 0.15) is 5.76 Å². The van der Waals surface area contributed by atoms with Gasteiger partial charge in [0.05, 0.1) is 6.54 Å². The van der Waals surface area contributed by atoms with Crippen molar-refractivity contribution in [3.05, 3.63) is 47.7 Å². The molecule has 2 rings (SSSR count). The molecule has 0 radical (unpaired) electrons. The van der Waals surface area contributed by atoms with Crippen LogP contribution in [0.1, 0.15) is 21.9 Å². The smallest absolute Gasteiger partial charge is 0.287 e. The third-order valence-corrected chi connectivity index (χ3v) is 2.43. The number of nitrogens with two attached hydrogens (primary N) is 1. The van der Waals surface area contributed by atoms with Gasteiger partial charge >= 0.3 is 0 Å². The minimum absolute atomic E-state index is 0.228. The zero-order valence-corrected chi connectivity index (χ0v) is 9.64. The van der Waals surface area contributed by atoms with Crippen LogP contribution in [0.5, 0.6) is 0 Å². The molecule has 0 aliphatic carbocycles.